The number of methoxy groups -OCH3 is 1. The third-order valence-corrected chi connectivity index (χ3v) is 10.5. The van der Waals surface area contributed by atoms with Gasteiger partial charge in [0.25, 0.3) is 0 Å². The van der Waals surface area contributed by atoms with Gasteiger partial charge in [-0.15, -0.1) is 0 Å². The number of ether oxygens (including phenoxy) is 9. The molecule has 7 rings (SSSR count). The summed E-state index contributed by atoms with van der Waals surface area (Å²) in [7, 11) is 1.56. The molecule has 2 heterocycles. The van der Waals surface area contributed by atoms with E-state index in [1.807, 2.05) is 152 Å². The van der Waals surface area contributed by atoms with Gasteiger partial charge >= 0.3 is 0 Å². The molecule has 2 fully saturated rings. The molecule has 11 nitrogen and oxygen atoms in total. The molecule has 0 aliphatic carbocycles. The Bertz CT molecular complexity index is 1890. The first-order chi connectivity index (χ1) is 29.1. The normalized spacial score (nSPS) is 27.0. The van der Waals surface area contributed by atoms with Crippen LogP contribution >= 0.6 is 0 Å². The molecule has 5 aromatic rings. The lowest BCUT2D eigenvalue weighted by molar-refractivity contribution is -0.346. The van der Waals surface area contributed by atoms with Crippen molar-refractivity contribution in [3.05, 3.63) is 179 Å². The van der Waals surface area contributed by atoms with Crippen molar-refractivity contribution in [3.63, 3.8) is 0 Å². The average molecular weight is 807 g/mol. The topological polar surface area (TPSA) is 124 Å². The Kier molecular flexibility index (Phi) is 16.2. The lowest BCUT2D eigenvalue weighted by Crippen LogP contribution is -2.63. The summed E-state index contributed by atoms with van der Waals surface area (Å²) in [6, 6.07) is 48.9. The summed E-state index contributed by atoms with van der Waals surface area (Å²) in [4.78, 5) is 0. The van der Waals surface area contributed by atoms with E-state index in [0.29, 0.717) is 0 Å². The van der Waals surface area contributed by atoms with Crippen molar-refractivity contribution < 1.29 is 52.8 Å². The van der Waals surface area contributed by atoms with Gasteiger partial charge in [-0.2, -0.15) is 0 Å². The van der Waals surface area contributed by atoms with E-state index in [-0.39, 0.29) is 39.6 Å². The number of benzene rings is 5. The number of aliphatic hydroxyl groups excluding tert-OH is 2. The molecule has 312 valence electrons. The molecule has 2 N–H and O–H groups in total. The molecular formula is C48H54O11. The standard InChI is InChI=1S/C48H54O11/c1-51-48-46(56-32-38-25-15-6-16-26-38)45(55-31-37-23-13-5-14-24-37)43(53-29-35-19-9-3-10-20-35)40(59-48)33-57-47-41(50)44(54-30-36-21-11-4-12-22-36)42(39(27-49)58-47)52-28-34-17-7-2-8-18-34/h2-26,39-50H,27-33H2,1H3/t39-,40-,41+,42-,43-,44-,45+,46+,47+,48+/m1/s1. The predicted octanol–water partition coefficient (Wildman–Crippen LogP) is 6.38. The first-order valence-electron chi connectivity index (χ1n) is 20.1. The van der Waals surface area contributed by atoms with Crippen LogP contribution in [0.2, 0.25) is 0 Å². The summed E-state index contributed by atoms with van der Waals surface area (Å²) in [5.41, 5.74) is 4.76. The minimum atomic E-state index is -1.31. The highest BCUT2D eigenvalue weighted by atomic mass is 16.7. The molecule has 2 aliphatic rings. The largest absolute Gasteiger partial charge is 0.394 e. The van der Waals surface area contributed by atoms with Crippen LogP contribution in [0.15, 0.2) is 152 Å². The molecule has 59 heavy (non-hydrogen) atoms. The second-order valence-electron chi connectivity index (χ2n) is 14.6. The van der Waals surface area contributed by atoms with Crippen LogP contribution in [-0.2, 0) is 75.7 Å². The molecule has 0 amide bonds. The lowest BCUT2D eigenvalue weighted by atomic mass is 9.97. The van der Waals surface area contributed by atoms with Gasteiger partial charge in [-0.3, -0.25) is 0 Å². The van der Waals surface area contributed by atoms with Crippen molar-refractivity contribution in [2.24, 2.45) is 0 Å². The van der Waals surface area contributed by atoms with Crippen molar-refractivity contribution in [2.75, 3.05) is 20.3 Å². The van der Waals surface area contributed by atoms with Gasteiger partial charge in [0, 0.05) is 7.11 Å². The van der Waals surface area contributed by atoms with Crippen molar-refractivity contribution in [1.29, 1.82) is 0 Å². The Morgan fingerprint density at radius 3 is 1.14 bits per heavy atom. The molecule has 0 aromatic heterocycles. The van der Waals surface area contributed by atoms with E-state index in [2.05, 4.69) is 0 Å². The Labute approximate surface area is 346 Å². The first kappa shape index (κ1) is 42.8. The molecular weight excluding hydrogens is 753 g/mol. The fourth-order valence-corrected chi connectivity index (χ4v) is 7.36. The fourth-order valence-electron chi connectivity index (χ4n) is 7.36. The highest BCUT2D eigenvalue weighted by Gasteiger charge is 2.51. The van der Waals surface area contributed by atoms with Crippen molar-refractivity contribution in [3.8, 4) is 0 Å². The van der Waals surface area contributed by atoms with E-state index in [1.165, 1.54) is 0 Å². The van der Waals surface area contributed by atoms with E-state index in [9.17, 15) is 10.2 Å². The summed E-state index contributed by atoms with van der Waals surface area (Å²) < 4.78 is 58.0. The highest BCUT2D eigenvalue weighted by molar-refractivity contribution is 5.17. The van der Waals surface area contributed by atoms with Gasteiger partial charge in [-0.05, 0) is 27.8 Å². The molecule has 0 bridgehead atoms. The average Bonchev–Trinajstić information content (AvgIpc) is 3.29. The van der Waals surface area contributed by atoms with Crippen LogP contribution in [0.3, 0.4) is 0 Å². The SMILES string of the molecule is CO[C@H]1O[C@H](CO[C@H]2O[C@H](CO)[C@@H](OCc3ccccc3)[C@H](OCc3ccccc3)[C@@H]2O)[C@@H](OCc2ccccc2)[C@H](OCc2ccccc2)[C@@H]1OCc1ccccc1. The number of aliphatic hydroxyl groups is 2. The second-order valence-corrected chi connectivity index (χ2v) is 14.6. The fraction of sp³-hybridized carbons (Fsp3) is 0.375. The number of hydrogen-bond donors (Lipinski definition) is 2. The van der Waals surface area contributed by atoms with E-state index < -0.39 is 68.0 Å². The van der Waals surface area contributed by atoms with Crippen LogP contribution < -0.4 is 0 Å². The third kappa shape index (κ3) is 11.9. The van der Waals surface area contributed by atoms with Gasteiger partial charge in [-0.25, -0.2) is 0 Å². The maximum atomic E-state index is 11.9. The maximum Gasteiger partial charge on any atom is 0.186 e. The van der Waals surface area contributed by atoms with Crippen LogP contribution in [0.5, 0.6) is 0 Å². The monoisotopic (exact) mass is 806 g/mol. The lowest BCUT2D eigenvalue weighted by Gasteiger charge is -2.47. The van der Waals surface area contributed by atoms with Crippen LogP contribution in [0.1, 0.15) is 27.8 Å². The maximum absolute atomic E-state index is 11.9. The molecule has 0 unspecified atom stereocenters. The van der Waals surface area contributed by atoms with Gasteiger partial charge in [0.15, 0.2) is 12.6 Å². The summed E-state index contributed by atoms with van der Waals surface area (Å²) in [5.74, 6) is 0. The van der Waals surface area contributed by atoms with Crippen molar-refractivity contribution in [1.82, 2.24) is 0 Å². The van der Waals surface area contributed by atoms with Crippen LogP contribution in [0.25, 0.3) is 0 Å². The van der Waals surface area contributed by atoms with Crippen molar-refractivity contribution in [2.45, 2.75) is 94.4 Å². The third-order valence-electron chi connectivity index (χ3n) is 10.5. The molecule has 0 saturated carbocycles. The van der Waals surface area contributed by atoms with Gasteiger partial charge in [0.05, 0.1) is 46.2 Å². The zero-order valence-corrected chi connectivity index (χ0v) is 33.2. The Morgan fingerprint density at radius 1 is 0.407 bits per heavy atom. The summed E-state index contributed by atoms with van der Waals surface area (Å²) in [6.45, 7) is 0.735. The van der Waals surface area contributed by atoms with E-state index in [1.54, 1.807) is 7.11 Å². The van der Waals surface area contributed by atoms with E-state index in [0.717, 1.165) is 27.8 Å². The predicted molar refractivity (Wildman–Crippen MR) is 218 cm³/mol. The molecule has 0 radical (unpaired) electrons. The Morgan fingerprint density at radius 2 is 0.746 bits per heavy atom. The van der Waals surface area contributed by atoms with E-state index >= 15 is 0 Å². The minimum absolute atomic E-state index is 0.100. The van der Waals surface area contributed by atoms with Crippen LogP contribution in [0, 0.1) is 0 Å². The summed E-state index contributed by atoms with van der Waals surface area (Å²) >= 11 is 0. The van der Waals surface area contributed by atoms with E-state index in [4.69, 9.17) is 42.6 Å². The first-order valence-corrected chi connectivity index (χ1v) is 20.1. The zero-order chi connectivity index (χ0) is 40.7. The number of hydrogen-bond acceptors (Lipinski definition) is 11. The zero-order valence-electron chi connectivity index (χ0n) is 33.2. The molecule has 10 atom stereocenters. The highest BCUT2D eigenvalue weighted by Crippen LogP contribution is 2.33. The molecule has 0 spiro atoms. The second kappa shape index (κ2) is 22.3. The van der Waals surface area contributed by atoms with Gasteiger partial charge < -0.3 is 52.8 Å². The van der Waals surface area contributed by atoms with Gasteiger partial charge in [0.1, 0.15) is 48.8 Å². The molecule has 2 aliphatic heterocycles. The van der Waals surface area contributed by atoms with Crippen molar-refractivity contribution >= 4 is 0 Å². The smallest absolute Gasteiger partial charge is 0.186 e. The minimum Gasteiger partial charge on any atom is -0.394 e. The van der Waals surface area contributed by atoms with Crippen LogP contribution in [0.4, 0.5) is 0 Å². The molecule has 5 aromatic carbocycles. The summed E-state index contributed by atoms with van der Waals surface area (Å²) in [6.07, 6.45) is -8.91. The van der Waals surface area contributed by atoms with Gasteiger partial charge in [0.2, 0.25) is 0 Å². The van der Waals surface area contributed by atoms with Crippen LogP contribution in [-0.4, -0.2) is 91.9 Å². The molecule has 11 heteroatoms. The summed E-state index contributed by atoms with van der Waals surface area (Å²) in [5, 5.41) is 22.6. The Hall–Kier alpha value is -4.34. The molecule has 2 saturated heterocycles. The quantitative estimate of drug-likeness (QED) is 0.0912. The Balaban J connectivity index is 1.13. The number of rotatable bonds is 20. The van der Waals surface area contributed by atoms with Gasteiger partial charge in [-0.1, -0.05) is 152 Å².